The van der Waals surface area contributed by atoms with Crippen molar-refractivity contribution in [2.45, 2.75) is 13.0 Å². The Labute approximate surface area is 92.3 Å². The molecule has 2 heterocycles. The van der Waals surface area contributed by atoms with Crippen LogP contribution >= 0.6 is 0 Å². The Balaban J connectivity index is 2.28. The highest BCUT2D eigenvalue weighted by Gasteiger charge is 2.29. The molecular formula is C11H11NO4. The lowest BCUT2D eigenvalue weighted by Gasteiger charge is -2.20. The number of carbonyl (C=O) groups is 1. The first-order valence-corrected chi connectivity index (χ1v) is 4.91. The van der Waals surface area contributed by atoms with Crippen molar-refractivity contribution in [1.29, 1.82) is 0 Å². The quantitative estimate of drug-likeness (QED) is 0.753. The van der Waals surface area contributed by atoms with Crippen LogP contribution in [0, 0.1) is 0 Å². The summed E-state index contributed by atoms with van der Waals surface area (Å²) in [5.41, 5.74) is 0.551. The molecule has 0 saturated carbocycles. The summed E-state index contributed by atoms with van der Waals surface area (Å²) in [6.07, 6.45) is 1.68. The number of hydrogen-bond acceptors (Lipinski definition) is 5. The van der Waals surface area contributed by atoms with Gasteiger partial charge in [0.05, 0.1) is 6.61 Å². The van der Waals surface area contributed by atoms with Gasteiger partial charge in [-0.1, -0.05) is 0 Å². The smallest absolute Gasteiger partial charge is 0.340 e. The van der Waals surface area contributed by atoms with Crippen molar-refractivity contribution in [1.82, 2.24) is 4.98 Å². The molecule has 0 unspecified atom stereocenters. The van der Waals surface area contributed by atoms with Gasteiger partial charge in [-0.2, -0.15) is 0 Å². The third kappa shape index (κ3) is 1.77. The first kappa shape index (κ1) is 10.6. The van der Waals surface area contributed by atoms with E-state index in [-0.39, 0.29) is 12.2 Å². The zero-order valence-corrected chi connectivity index (χ0v) is 8.71. The molecule has 0 saturated heterocycles. The Hall–Kier alpha value is -1.88. The van der Waals surface area contributed by atoms with Gasteiger partial charge in [-0.25, -0.2) is 9.78 Å². The Kier molecular flexibility index (Phi) is 2.87. The lowest BCUT2D eigenvalue weighted by Crippen LogP contribution is -2.19. The van der Waals surface area contributed by atoms with Crippen LogP contribution in [0.15, 0.2) is 30.2 Å². The Bertz CT molecular complexity index is 441. The highest BCUT2D eigenvalue weighted by Crippen LogP contribution is 2.32. The molecule has 2 rings (SSSR count). The van der Waals surface area contributed by atoms with Gasteiger partial charge in [-0.15, -0.1) is 0 Å². The molecule has 84 valence electrons. The summed E-state index contributed by atoms with van der Waals surface area (Å²) in [7, 11) is 0. The van der Waals surface area contributed by atoms with E-state index in [4.69, 9.17) is 9.47 Å². The molecule has 0 bridgehead atoms. The van der Waals surface area contributed by atoms with Crippen molar-refractivity contribution in [2.24, 2.45) is 0 Å². The van der Waals surface area contributed by atoms with Gasteiger partial charge in [-0.05, 0) is 19.1 Å². The van der Waals surface area contributed by atoms with Crippen LogP contribution in [0.2, 0.25) is 0 Å². The third-order valence-electron chi connectivity index (χ3n) is 2.20. The molecule has 0 fully saturated rings. The number of ether oxygens (including phenoxy) is 2. The fourth-order valence-corrected chi connectivity index (χ4v) is 1.44. The van der Waals surface area contributed by atoms with Crippen LogP contribution in [0.25, 0.3) is 0 Å². The lowest BCUT2D eigenvalue weighted by atomic mass is 10.0. The standard InChI is InChI=1S/C11H11NO4/c1-2-15-11(14)8-6-16-10-7(9(8)13)4-3-5-12-10/h3-6,9,13H,2H2,1H3/t9-/m1/s1. The van der Waals surface area contributed by atoms with Crippen LogP contribution in [0.3, 0.4) is 0 Å². The van der Waals surface area contributed by atoms with Crippen LogP contribution < -0.4 is 4.74 Å². The second-order valence-electron chi connectivity index (χ2n) is 3.21. The number of fused-ring (bicyclic) bond motifs is 1. The van der Waals surface area contributed by atoms with Gasteiger partial charge >= 0.3 is 5.97 Å². The van der Waals surface area contributed by atoms with E-state index in [1.807, 2.05) is 0 Å². The highest BCUT2D eigenvalue weighted by molar-refractivity contribution is 5.90. The Morgan fingerprint density at radius 1 is 1.69 bits per heavy atom. The average Bonchev–Trinajstić information content (AvgIpc) is 2.30. The fraction of sp³-hybridized carbons (Fsp3) is 0.273. The summed E-state index contributed by atoms with van der Waals surface area (Å²) in [5.74, 6) is -0.271. The van der Waals surface area contributed by atoms with Crippen LogP contribution in [0.1, 0.15) is 18.6 Å². The van der Waals surface area contributed by atoms with E-state index in [9.17, 15) is 9.90 Å². The second kappa shape index (κ2) is 4.32. The summed E-state index contributed by atoms with van der Waals surface area (Å²) < 4.78 is 9.94. The van der Waals surface area contributed by atoms with Crippen LogP contribution in [-0.2, 0) is 9.53 Å². The van der Waals surface area contributed by atoms with E-state index in [2.05, 4.69) is 4.98 Å². The van der Waals surface area contributed by atoms with Crippen molar-refractivity contribution < 1.29 is 19.4 Å². The minimum absolute atomic E-state index is 0.0855. The number of nitrogens with zero attached hydrogens (tertiary/aromatic N) is 1. The molecule has 5 nitrogen and oxygen atoms in total. The number of aliphatic hydroxyl groups excluding tert-OH is 1. The van der Waals surface area contributed by atoms with E-state index in [1.165, 1.54) is 6.26 Å². The first-order chi connectivity index (χ1) is 7.74. The summed E-state index contributed by atoms with van der Waals surface area (Å²) in [5, 5.41) is 9.93. The van der Waals surface area contributed by atoms with E-state index in [1.54, 1.807) is 25.3 Å². The van der Waals surface area contributed by atoms with Gasteiger partial charge in [-0.3, -0.25) is 0 Å². The molecule has 0 amide bonds. The molecule has 1 N–H and O–H groups in total. The van der Waals surface area contributed by atoms with E-state index in [0.29, 0.717) is 11.4 Å². The summed E-state index contributed by atoms with van der Waals surface area (Å²) in [6.45, 7) is 1.95. The minimum atomic E-state index is -1.04. The molecule has 16 heavy (non-hydrogen) atoms. The van der Waals surface area contributed by atoms with Gasteiger partial charge in [0.25, 0.3) is 0 Å². The fourth-order valence-electron chi connectivity index (χ4n) is 1.44. The van der Waals surface area contributed by atoms with Gasteiger partial charge < -0.3 is 14.6 Å². The second-order valence-corrected chi connectivity index (χ2v) is 3.21. The number of hydrogen-bond donors (Lipinski definition) is 1. The number of pyridine rings is 1. The van der Waals surface area contributed by atoms with Crippen LogP contribution in [0.4, 0.5) is 0 Å². The zero-order valence-electron chi connectivity index (χ0n) is 8.71. The van der Waals surface area contributed by atoms with Crippen LogP contribution in [-0.4, -0.2) is 22.7 Å². The minimum Gasteiger partial charge on any atom is -0.462 e. The molecule has 0 aromatic carbocycles. The van der Waals surface area contributed by atoms with E-state index in [0.717, 1.165) is 0 Å². The molecule has 1 atom stereocenters. The van der Waals surface area contributed by atoms with Crippen molar-refractivity contribution >= 4 is 5.97 Å². The number of rotatable bonds is 2. The summed E-state index contributed by atoms with van der Waals surface area (Å²) in [6, 6.07) is 3.32. The van der Waals surface area contributed by atoms with Crippen molar-refractivity contribution in [3.05, 3.63) is 35.7 Å². The lowest BCUT2D eigenvalue weighted by molar-refractivity contribution is -0.140. The van der Waals surface area contributed by atoms with Crippen molar-refractivity contribution in [3.63, 3.8) is 0 Å². The monoisotopic (exact) mass is 221 g/mol. The largest absolute Gasteiger partial charge is 0.462 e. The Morgan fingerprint density at radius 3 is 3.25 bits per heavy atom. The normalized spacial score (nSPS) is 18.1. The first-order valence-electron chi connectivity index (χ1n) is 4.91. The van der Waals surface area contributed by atoms with E-state index < -0.39 is 12.1 Å². The molecule has 0 aliphatic carbocycles. The van der Waals surface area contributed by atoms with Crippen molar-refractivity contribution in [3.8, 4) is 5.88 Å². The Morgan fingerprint density at radius 2 is 2.50 bits per heavy atom. The number of aromatic nitrogens is 1. The van der Waals surface area contributed by atoms with Gasteiger partial charge in [0.15, 0.2) is 0 Å². The molecule has 0 spiro atoms. The van der Waals surface area contributed by atoms with E-state index >= 15 is 0 Å². The maximum Gasteiger partial charge on any atom is 0.340 e. The van der Waals surface area contributed by atoms with Crippen LogP contribution in [0.5, 0.6) is 5.88 Å². The predicted octanol–water partition coefficient (Wildman–Crippen LogP) is 0.954. The molecule has 1 aliphatic rings. The van der Waals surface area contributed by atoms with Crippen molar-refractivity contribution in [2.75, 3.05) is 6.61 Å². The predicted molar refractivity (Wildman–Crippen MR) is 54.5 cm³/mol. The zero-order chi connectivity index (χ0) is 11.5. The molecule has 1 aromatic heterocycles. The molecule has 1 aromatic rings. The summed E-state index contributed by atoms with van der Waals surface area (Å²) >= 11 is 0. The number of carbonyl (C=O) groups excluding carboxylic acids is 1. The summed E-state index contributed by atoms with van der Waals surface area (Å²) in [4.78, 5) is 15.4. The maximum atomic E-state index is 11.5. The number of aliphatic hydroxyl groups is 1. The van der Waals surface area contributed by atoms with Gasteiger partial charge in [0.2, 0.25) is 5.88 Å². The SMILES string of the molecule is CCOC(=O)C1=COc2ncccc2[C@H]1O. The molecule has 1 aliphatic heterocycles. The molecule has 0 radical (unpaired) electrons. The van der Waals surface area contributed by atoms with Gasteiger partial charge in [0.1, 0.15) is 17.9 Å². The topological polar surface area (TPSA) is 68.7 Å². The maximum absolute atomic E-state index is 11.5. The molecule has 5 heteroatoms. The molecular weight excluding hydrogens is 210 g/mol. The number of esters is 1. The van der Waals surface area contributed by atoms with Gasteiger partial charge in [0, 0.05) is 11.8 Å². The average molecular weight is 221 g/mol. The third-order valence-corrected chi connectivity index (χ3v) is 2.20. The highest BCUT2D eigenvalue weighted by atomic mass is 16.5.